The number of amides is 5. The molecule has 0 aliphatic heterocycles. The summed E-state index contributed by atoms with van der Waals surface area (Å²) >= 11 is 0. The van der Waals surface area contributed by atoms with Crippen LogP contribution >= 0.6 is 0 Å². The van der Waals surface area contributed by atoms with Crippen molar-refractivity contribution in [2.75, 3.05) is 6.54 Å². The molecular formula is C24H43N9O9. The van der Waals surface area contributed by atoms with Gasteiger partial charge in [-0.2, -0.15) is 0 Å². The minimum atomic E-state index is -1.53. The lowest BCUT2D eigenvalue weighted by Gasteiger charge is -2.26. The zero-order valence-electron chi connectivity index (χ0n) is 23.9. The zero-order chi connectivity index (χ0) is 32.6. The van der Waals surface area contributed by atoms with Gasteiger partial charge in [0, 0.05) is 19.4 Å². The van der Waals surface area contributed by atoms with Gasteiger partial charge in [-0.15, -0.1) is 0 Å². The summed E-state index contributed by atoms with van der Waals surface area (Å²) in [7, 11) is 0. The van der Waals surface area contributed by atoms with Crippen LogP contribution in [0.25, 0.3) is 0 Å². The minimum Gasteiger partial charge on any atom is -0.481 e. The highest BCUT2D eigenvalue weighted by Gasteiger charge is 2.31. The van der Waals surface area contributed by atoms with Gasteiger partial charge in [-0.25, -0.2) is 4.79 Å². The Morgan fingerprint density at radius 3 is 1.79 bits per heavy atom. The Bertz CT molecular complexity index is 1020. The van der Waals surface area contributed by atoms with Gasteiger partial charge < -0.3 is 54.4 Å². The minimum absolute atomic E-state index is 0.0961. The molecule has 0 aliphatic rings. The molecule has 0 bridgehead atoms. The average molecular weight is 602 g/mol. The van der Waals surface area contributed by atoms with E-state index in [4.69, 9.17) is 28.0 Å². The van der Waals surface area contributed by atoms with E-state index in [1.165, 1.54) is 6.92 Å². The van der Waals surface area contributed by atoms with Crippen LogP contribution in [0.1, 0.15) is 59.3 Å². The summed E-state index contributed by atoms with van der Waals surface area (Å²) in [4.78, 5) is 88.4. The van der Waals surface area contributed by atoms with Crippen molar-refractivity contribution >= 4 is 47.4 Å². The summed E-state index contributed by atoms with van der Waals surface area (Å²) in [5, 5.41) is 27.8. The van der Waals surface area contributed by atoms with Gasteiger partial charge >= 0.3 is 11.9 Å². The first-order valence-corrected chi connectivity index (χ1v) is 13.2. The molecule has 0 fully saturated rings. The molecule has 0 aromatic carbocycles. The summed E-state index contributed by atoms with van der Waals surface area (Å²) in [5.41, 5.74) is 21.4. The molecule has 238 valence electrons. The fourth-order valence-corrected chi connectivity index (χ4v) is 3.46. The number of nitrogens with two attached hydrogens (primary N) is 4. The Balaban J connectivity index is 5.37. The third-order valence-corrected chi connectivity index (χ3v) is 5.88. The second kappa shape index (κ2) is 18.8. The highest BCUT2D eigenvalue weighted by Crippen LogP contribution is 2.06. The van der Waals surface area contributed by atoms with Crippen molar-refractivity contribution in [1.82, 2.24) is 21.3 Å². The van der Waals surface area contributed by atoms with Crippen LogP contribution in [-0.4, -0.2) is 94.4 Å². The summed E-state index contributed by atoms with van der Waals surface area (Å²) in [6.45, 7) is 4.87. The van der Waals surface area contributed by atoms with Crippen molar-refractivity contribution in [2.24, 2.45) is 33.8 Å². The monoisotopic (exact) mass is 601 g/mol. The second-order valence-corrected chi connectivity index (χ2v) is 9.91. The number of carboxylic acids is 2. The summed E-state index contributed by atoms with van der Waals surface area (Å²) in [6, 6.07) is -6.31. The topological polar surface area (TPSA) is 325 Å². The van der Waals surface area contributed by atoms with Crippen molar-refractivity contribution in [3.05, 3.63) is 0 Å². The number of guanidine groups is 1. The van der Waals surface area contributed by atoms with E-state index in [9.17, 15) is 38.7 Å². The molecule has 0 rings (SSSR count). The van der Waals surface area contributed by atoms with Crippen molar-refractivity contribution in [3.8, 4) is 0 Å². The molecule has 0 saturated heterocycles. The lowest BCUT2D eigenvalue weighted by Crippen LogP contribution is -2.58. The van der Waals surface area contributed by atoms with Crippen molar-refractivity contribution in [3.63, 3.8) is 0 Å². The molecule has 0 aromatic rings. The van der Waals surface area contributed by atoms with E-state index >= 15 is 0 Å². The smallest absolute Gasteiger partial charge is 0.326 e. The predicted molar refractivity (Wildman–Crippen MR) is 149 cm³/mol. The SMILES string of the molecule is CC(NC(=O)C(NC(=O)C(N)CCCN=C(N)N)C(C)C)C(=O)NC(CCC(=O)O)C(=O)NC(CCC(N)=O)C(=O)O. The van der Waals surface area contributed by atoms with Crippen molar-refractivity contribution < 1.29 is 43.8 Å². The third kappa shape index (κ3) is 15.3. The first-order valence-electron chi connectivity index (χ1n) is 13.2. The Morgan fingerprint density at radius 1 is 0.714 bits per heavy atom. The predicted octanol–water partition coefficient (Wildman–Crippen LogP) is -3.80. The van der Waals surface area contributed by atoms with Crippen LogP contribution in [0.4, 0.5) is 0 Å². The molecule has 42 heavy (non-hydrogen) atoms. The van der Waals surface area contributed by atoms with Gasteiger partial charge in [0.25, 0.3) is 0 Å². The molecule has 0 spiro atoms. The Hall–Kier alpha value is -4.48. The average Bonchev–Trinajstić information content (AvgIpc) is 2.88. The van der Waals surface area contributed by atoms with E-state index in [1.807, 2.05) is 0 Å². The first-order chi connectivity index (χ1) is 19.5. The molecule has 5 atom stereocenters. The zero-order valence-corrected chi connectivity index (χ0v) is 23.9. The summed E-state index contributed by atoms with van der Waals surface area (Å²) in [5.74, 6) is -7.29. The quantitative estimate of drug-likeness (QED) is 0.0365. The van der Waals surface area contributed by atoms with Gasteiger partial charge in [-0.1, -0.05) is 13.8 Å². The Kier molecular flexibility index (Phi) is 16.8. The first kappa shape index (κ1) is 37.5. The molecule has 14 N–H and O–H groups in total. The molecule has 0 saturated carbocycles. The van der Waals surface area contributed by atoms with Gasteiger partial charge in [-0.05, 0) is 38.5 Å². The van der Waals surface area contributed by atoms with E-state index in [0.29, 0.717) is 6.42 Å². The number of hydrogen-bond donors (Lipinski definition) is 10. The van der Waals surface area contributed by atoms with Gasteiger partial charge in [0.2, 0.25) is 29.5 Å². The molecule has 0 aromatic heterocycles. The van der Waals surface area contributed by atoms with Gasteiger partial charge in [0.05, 0.1) is 6.04 Å². The van der Waals surface area contributed by atoms with Crippen molar-refractivity contribution in [2.45, 2.75) is 89.5 Å². The molecule has 5 unspecified atom stereocenters. The molecule has 0 radical (unpaired) electrons. The lowest BCUT2D eigenvalue weighted by molar-refractivity contribution is -0.143. The van der Waals surface area contributed by atoms with Crippen LogP contribution in [0, 0.1) is 5.92 Å². The number of nitrogens with zero attached hydrogens (tertiary/aromatic N) is 1. The largest absolute Gasteiger partial charge is 0.481 e. The fourth-order valence-electron chi connectivity index (χ4n) is 3.46. The number of primary amides is 1. The molecule has 18 nitrogen and oxygen atoms in total. The highest BCUT2D eigenvalue weighted by molar-refractivity contribution is 5.95. The van der Waals surface area contributed by atoms with E-state index < -0.39 is 90.4 Å². The molecule has 0 aliphatic carbocycles. The highest BCUT2D eigenvalue weighted by atomic mass is 16.4. The number of carbonyl (C=O) groups is 7. The Morgan fingerprint density at radius 2 is 1.29 bits per heavy atom. The van der Waals surface area contributed by atoms with E-state index in [2.05, 4.69) is 26.3 Å². The number of rotatable bonds is 20. The van der Waals surface area contributed by atoms with Crippen LogP contribution in [0.3, 0.4) is 0 Å². The summed E-state index contributed by atoms with van der Waals surface area (Å²) in [6.07, 6.45) is -0.975. The van der Waals surface area contributed by atoms with Crippen LogP contribution in [0.15, 0.2) is 4.99 Å². The number of carbonyl (C=O) groups excluding carboxylic acids is 5. The van der Waals surface area contributed by atoms with E-state index in [1.54, 1.807) is 13.8 Å². The van der Waals surface area contributed by atoms with Crippen LogP contribution in [0.2, 0.25) is 0 Å². The number of carboxylic acid groups (broad SMARTS) is 2. The van der Waals surface area contributed by atoms with Gasteiger partial charge in [0.1, 0.15) is 24.2 Å². The lowest BCUT2D eigenvalue weighted by atomic mass is 10.0. The molecule has 5 amide bonds. The molecular weight excluding hydrogens is 558 g/mol. The Labute approximate surface area is 242 Å². The standard InChI is InChI=1S/C24H43N9O9/c1-11(2)18(33-20(38)13(25)5-4-10-29-24(27)28)22(40)30-12(3)19(37)31-14(7-9-17(35)36)21(39)32-15(23(41)42)6-8-16(26)34/h11-15,18H,4-10,25H2,1-3H3,(H2,26,34)(H,30,40)(H,31,37)(H,32,39)(H,33,38)(H,35,36)(H,41,42)(H4,27,28,29). The fraction of sp³-hybridized carbons (Fsp3) is 0.667. The summed E-state index contributed by atoms with van der Waals surface area (Å²) < 4.78 is 0. The maximum Gasteiger partial charge on any atom is 0.326 e. The molecule has 18 heteroatoms. The maximum absolute atomic E-state index is 12.9. The number of aliphatic imine (C=N–C) groups is 1. The number of aliphatic carboxylic acids is 2. The third-order valence-electron chi connectivity index (χ3n) is 5.88. The number of nitrogens with one attached hydrogen (secondary N) is 4. The van der Waals surface area contributed by atoms with Crippen LogP contribution in [0.5, 0.6) is 0 Å². The van der Waals surface area contributed by atoms with Crippen LogP contribution in [-0.2, 0) is 33.6 Å². The van der Waals surface area contributed by atoms with Gasteiger partial charge in [-0.3, -0.25) is 33.8 Å². The van der Waals surface area contributed by atoms with Crippen LogP contribution < -0.4 is 44.2 Å². The normalized spacial score (nSPS) is 14.3. The van der Waals surface area contributed by atoms with E-state index in [-0.39, 0.29) is 31.8 Å². The van der Waals surface area contributed by atoms with Gasteiger partial charge in [0.15, 0.2) is 5.96 Å². The second-order valence-electron chi connectivity index (χ2n) is 9.91. The maximum atomic E-state index is 12.9. The van der Waals surface area contributed by atoms with E-state index in [0.717, 1.165) is 0 Å². The molecule has 0 heterocycles. The van der Waals surface area contributed by atoms with Crippen molar-refractivity contribution in [1.29, 1.82) is 0 Å². The number of hydrogen-bond acceptors (Lipinski definition) is 9.